The van der Waals surface area contributed by atoms with Gasteiger partial charge in [-0.3, -0.25) is 15.5 Å². The summed E-state index contributed by atoms with van der Waals surface area (Å²) in [6, 6.07) is 12.4. The van der Waals surface area contributed by atoms with Crippen LogP contribution in [0.3, 0.4) is 0 Å². The summed E-state index contributed by atoms with van der Waals surface area (Å²) in [6.45, 7) is 3.28. The normalized spacial score (nSPS) is 16.0. The molecule has 0 atom stereocenters. The minimum atomic E-state index is -3.53. The Hall–Kier alpha value is -2.82. The summed E-state index contributed by atoms with van der Waals surface area (Å²) in [4.78, 5) is 10.4. The molecule has 1 N–H and O–H groups in total. The highest BCUT2D eigenvalue weighted by Crippen LogP contribution is 2.19. The summed E-state index contributed by atoms with van der Waals surface area (Å²) in [5.41, 5.74) is 4.85. The van der Waals surface area contributed by atoms with E-state index in [1.807, 2.05) is 0 Å². The topological polar surface area (TPSA) is 114 Å². The molecule has 0 unspecified atom stereocenters. The van der Waals surface area contributed by atoms with Crippen LogP contribution in [-0.4, -0.2) is 49.7 Å². The predicted molar refractivity (Wildman–Crippen MR) is 105 cm³/mol. The number of hydrazone groups is 1. The van der Waals surface area contributed by atoms with E-state index in [-0.39, 0.29) is 10.6 Å². The van der Waals surface area contributed by atoms with E-state index in [2.05, 4.69) is 10.5 Å². The molecule has 1 aliphatic heterocycles. The van der Waals surface area contributed by atoms with Crippen molar-refractivity contribution in [2.75, 3.05) is 31.7 Å². The zero-order chi connectivity index (χ0) is 20.1. The number of non-ortho nitro benzene ring substituents is 1. The number of morpholine rings is 1. The van der Waals surface area contributed by atoms with E-state index in [0.29, 0.717) is 37.7 Å². The number of nitro benzene ring substituents is 1. The van der Waals surface area contributed by atoms with Gasteiger partial charge in [-0.25, -0.2) is 8.42 Å². The molecule has 28 heavy (non-hydrogen) atoms. The van der Waals surface area contributed by atoms with E-state index in [4.69, 9.17) is 4.74 Å². The number of rotatable bonds is 6. The van der Waals surface area contributed by atoms with E-state index in [0.717, 1.165) is 5.56 Å². The molecule has 10 heteroatoms. The van der Waals surface area contributed by atoms with Gasteiger partial charge in [0.25, 0.3) is 5.69 Å². The van der Waals surface area contributed by atoms with Gasteiger partial charge in [-0.15, -0.1) is 0 Å². The van der Waals surface area contributed by atoms with Crippen LogP contribution in [0.1, 0.15) is 12.5 Å². The third-order valence-corrected chi connectivity index (χ3v) is 6.22. The number of nitro groups is 1. The summed E-state index contributed by atoms with van der Waals surface area (Å²) in [5.74, 6) is 0. The fourth-order valence-corrected chi connectivity index (χ4v) is 4.08. The van der Waals surface area contributed by atoms with E-state index < -0.39 is 14.9 Å². The maximum atomic E-state index is 12.6. The van der Waals surface area contributed by atoms with Crippen molar-refractivity contribution in [1.82, 2.24) is 4.31 Å². The predicted octanol–water partition coefficient (Wildman–Crippen LogP) is 2.45. The summed E-state index contributed by atoms with van der Waals surface area (Å²) >= 11 is 0. The number of anilines is 1. The fraction of sp³-hybridized carbons (Fsp3) is 0.278. The second-order valence-corrected chi connectivity index (χ2v) is 8.09. The van der Waals surface area contributed by atoms with Gasteiger partial charge in [-0.1, -0.05) is 12.1 Å². The average Bonchev–Trinajstić information content (AvgIpc) is 2.73. The van der Waals surface area contributed by atoms with Crippen LogP contribution in [0.25, 0.3) is 0 Å². The molecule has 1 saturated heterocycles. The summed E-state index contributed by atoms with van der Waals surface area (Å²) in [6.07, 6.45) is 0. The standard InChI is InChI=1S/C18H20N4O5S/c1-14(19-20-16-4-6-17(7-5-16)22(23)24)15-2-8-18(9-3-15)28(25,26)21-10-12-27-13-11-21/h2-9,20H,10-13H2,1H3/b19-14+. The molecule has 2 aromatic carbocycles. The van der Waals surface area contributed by atoms with E-state index >= 15 is 0 Å². The van der Waals surface area contributed by atoms with Crippen LogP contribution in [0.2, 0.25) is 0 Å². The van der Waals surface area contributed by atoms with Crippen molar-refractivity contribution >= 4 is 27.1 Å². The Bertz CT molecular complexity index is 966. The van der Waals surface area contributed by atoms with Crippen molar-refractivity contribution in [2.45, 2.75) is 11.8 Å². The van der Waals surface area contributed by atoms with Crippen molar-refractivity contribution in [3.05, 3.63) is 64.2 Å². The molecule has 9 nitrogen and oxygen atoms in total. The van der Waals surface area contributed by atoms with Gasteiger partial charge in [0.15, 0.2) is 0 Å². The van der Waals surface area contributed by atoms with Crippen LogP contribution >= 0.6 is 0 Å². The van der Waals surface area contributed by atoms with E-state index in [1.54, 1.807) is 43.3 Å². The van der Waals surface area contributed by atoms with E-state index in [9.17, 15) is 18.5 Å². The molecule has 0 aromatic heterocycles. The lowest BCUT2D eigenvalue weighted by Crippen LogP contribution is -2.40. The monoisotopic (exact) mass is 404 g/mol. The van der Waals surface area contributed by atoms with Gasteiger partial charge in [-0.2, -0.15) is 9.41 Å². The molecule has 0 amide bonds. The van der Waals surface area contributed by atoms with Gasteiger partial charge in [0.1, 0.15) is 0 Å². The number of hydrogen-bond donors (Lipinski definition) is 1. The summed E-state index contributed by atoms with van der Waals surface area (Å²) < 4.78 is 31.9. The second kappa shape index (κ2) is 8.46. The molecule has 1 aliphatic rings. The number of nitrogens with one attached hydrogen (secondary N) is 1. The van der Waals surface area contributed by atoms with Gasteiger partial charge in [0.2, 0.25) is 10.0 Å². The van der Waals surface area contributed by atoms with Crippen molar-refractivity contribution in [3.63, 3.8) is 0 Å². The highest BCUT2D eigenvalue weighted by atomic mass is 32.2. The molecule has 3 rings (SSSR count). The Kier molecular flexibility index (Phi) is 6.02. The van der Waals surface area contributed by atoms with Crippen molar-refractivity contribution in [3.8, 4) is 0 Å². The Morgan fingerprint density at radius 2 is 1.71 bits per heavy atom. The van der Waals surface area contributed by atoms with Gasteiger partial charge in [0, 0.05) is 25.2 Å². The van der Waals surface area contributed by atoms with Crippen LogP contribution < -0.4 is 5.43 Å². The summed E-state index contributed by atoms with van der Waals surface area (Å²) in [7, 11) is -3.53. The molecule has 1 fully saturated rings. The molecular formula is C18H20N4O5S. The molecule has 2 aromatic rings. The minimum absolute atomic E-state index is 0.00307. The van der Waals surface area contributed by atoms with Crippen molar-refractivity contribution < 1.29 is 18.1 Å². The van der Waals surface area contributed by atoms with Gasteiger partial charge in [-0.05, 0) is 36.8 Å². The second-order valence-electron chi connectivity index (χ2n) is 6.15. The number of hydrogen-bond acceptors (Lipinski definition) is 7. The number of nitrogens with zero attached hydrogens (tertiary/aromatic N) is 3. The maximum Gasteiger partial charge on any atom is 0.269 e. The highest BCUT2D eigenvalue weighted by Gasteiger charge is 2.26. The fourth-order valence-electron chi connectivity index (χ4n) is 2.67. The van der Waals surface area contributed by atoms with E-state index in [1.165, 1.54) is 16.4 Å². The first-order valence-corrected chi connectivity index (χ1v) is 10.0. The van der Waals surface area contributed by atoms with Gasteiger partial charge in [0.05, 0.1) is 34.4 Å². The zero-order valence-corrected chi connectivity index (χ0v) is 16.1. The third-order valence-electron chi connectivity index (χ3n) is 4.31. The Morgan fingerprint density at radius 1 is 1.11 bits per heavy atom. The van der Waals surface area contributed by atoms with Crippen LogP contribution in [0.15, 0.2) is 58.5 Å². The van der Waals surface area contributed by atoms with Crippen LogP contribution in [0.4, 0.5) is 11.4 Å². The molecule has 0 spiro atoms. The molecule has 0 aliphatic carbocycles. The molecule has 0 radical (unpaired) electrons. The van der Waals surface area contributed by atoms with Crippen LogP contribution in [0, 0.1) is 10.1 Å². The highest BCUT2D eigenvalue weighted by molar-refractivity contribution is 7.89. The average molecular weight is 404 g/mol. The Morgan fingerprint density at radius 3 is 2.29 bits per heavy atom. The number of benzene rings is 2. The van der Waals surface area contributed by atoms with Gasteiger partial charge >= 0.3 is 0 Å². The van der Waals surface area contributed by atoms with Crippen molar-refractivity contribution in [2.24, 2.45) is 5.10 Å². The van der Waals surface area contributed by atoms with Crippen molar-refractivity contribution in [1.29, 1.82) is 0 Å². The minimum Gasteiger partial charge on any atom is -0.379 e. The first-order chi connectivity index (χ1) is 13.4. The molecule has 1 heterocycles. The Labute approximate surface area is 162 Å². The number of sulfonamides is 1. The molecule has 0 bridgehead atoms. The quantitative estimate of drug-likeness (QED) is 0.449. The largest absolute Gasteiger partial charge is 0.379 e. The SMILES string of the molecule is C/C(=N\Nc1ccc([N+](=O)[O-])cc1)c1ccc(S(=O)(=O)N2CCOCC2)cc1. The molecular weight excluding hydrogens is 384 g/mol. The molecule has 148 valence electrons. The molecule has 0 saturated carbocycles. The smallest absolute Gasteiger partial charge is 0.269 e. The lowest BCUT2D eigenvalue weighted by molar-refractivity contribution is -0.384. The van der Waals surface area contributed by atoms with Crippen LogP contribution in [-0.2, 0) is 14.8 Å². The lowest BCUT2D eigenvalue weighted by Gasteiger charge is -2.26. The zero-order valence-electron chi connectivity index (χ0n) is 15.2. The number of ether oxygens (including phenoxy) is 1. The third kappa shape index (κ3) is 4.53. The summed E-state index contributed by atoms with van der Waals surface area (Å²) in [5, 5.41) is 14.9. The maximum absolute atomic E-state index is 12.6. The van der Waals surface area contributed by atoms with Gasteiger partial charge < -0.3 is 4.74 Å². The first-order valence-electron chi connectivity index (χ1n) is 8.61. The first kappa shape index (κ1) is 19.9. The lowest BCUT2D eigenvalue weighted by atomic mass is 10.1. The van der Waals surface area contributed by atoms with Crippen LogP contribution in [0.5, 0.6) is 0 Å². The Balaban J connectivity index is 1.69.